The molecular weight excluding hydrogens is 502 g/mol. The van der Waals surface area contributed by atoms with Crippen LogP contribution in [0.2, 0.25) is 0 Å². The molecule has 1 saturated heterocycles. The maximum atomic E-state index is 13.0. The SMILES string of the molecule is CCS(=O)(=O)N1c2ccc(OC3CCN(C(=O)OC(C)(C)C)CC3)cc2C[C@@H]1/C=C/c1cccc(C#N)c1. The summed E-state index contributed by atoms with van der Waals surface area (Å²) in [4.78, 5) is 14.1. The Morgan fingerprint density at radius 2 is 1.89 bits per heavy atom. The average molecular weight is 538 g/mol. The van der Waals surface area contributed by atoms with E-state index in [9.17, 15) is 13.2 Å². The third-order valence-electron chi connectivity index (χ3n) is 6.61. The zero-order valence-electron chi connectivity index (χ0n) is 22.4. The number of nitrogens with zero attached hydrogens (tertiary/aromatic N) is 3. The second-order valence-electron chi connectivity index (χ2n) is 10.6. The fourth-order valence-electron chi connectivity index (χ4n) is 4.75. The molecule has 0 bridgehead atoms. The maximum absolute atomic E-state index is 13.0. The normalized spacial score (nSPS) is 18.3. The number of ether oxygens (including phenoxy) is 2. The first kappa shape index (κ1) is 27.5. The van der Waals surface area contributed by atoms with Crippen molar-refractivity contribution >= 4 is 27.9 Å². The van der Waals surface area contributed by atoms with E-state index < -0.39 is 15.6 Å². The Labute approximate surface area is 225 Å². The molecule has 1 fully saturated rings. The van der Waals surface area contributed by atoms with Gasteiger partial charge in [-0.15, -0.1) is 0 Å². The van der Waals surface area contributed by atoms with Crippen LogP contribution < -0.4 is 9.04 Å². The van der Waals surface area contributed by atoms with Crippen molar-refractivity contribution in [2.75, 3.05) is 23.1 Å². The summed E-state index contributed by atoms with van der Waals surface area (Å²) in [5.74, 6) is 0.689. The second kappa shape index (κ2) is 11.1. The van der Waals surface area contributed by atoms with Gasteiger partial charge < -0.3 is 14.4 Å². The lowest BCUT2D eigenvalue weighted by Crippen LogP contribution is -2.44. The molecule has 0 aromatic heterocycles. The summed E-state index contributed by atoms with van der Waals surface area (Å²) in [5.41, 5.74) is 2.45. The highest BCUT2D eigenvalue weighted by Crippen LogP contribution is 2.38. The van der Waals surface area contributed by atoms with E-state index in [0.29, 0.717) is 49.4 Å². The van der Waals surface area contributed by atoms with E-state index in [4.69, 9.17) is 14.7 Å². The lowest BCUT2D eigenvalue weighted by molar-refractivity contribution is 0.0126. The first-order chi connectivity index (χ1) is 18.0. The molecule has 2 aliphatic heterocycles. The van der Waals surface area contributed by atoms with Crippen LogP contribution in [-0.2, 0) is 21.2 Å². The first-order valence-electron chi connectivity index (χ1n) is 13.0. The van der Waals surface area contributed by atoms with E-state index in [1.807, 2.05) is 63.3 Å². The monoisotopic (exact) mass is 537 g/mol. The van der Waals surface area contributed by atoms with Gasteiger partial charge in [-0.3, -0.25) is 4.31 Å². The van der Waals surface area contributed by atoms with Gasteiger partial charge in [0.25, 0.3) is 0 Å². The number of amides is 1. The fourth-order valence-corrected chi connectivity index (χ4v) is 6.06. The molecule has 9 heteroatoms. The molecular formula is C29H35N3O5S. The average Bonchev–Trinajstić information content (AvgIpc) is 3.25. The summed E-state index contributed by atoms with van der Waals surface area (Å²) in [5, 5.41) is 9.17. The minimum absolute atomic E-state index is 0.00479. The van der Waals surface area contributed by atoms with Crippen molar-refractivity contribution in [3.05, 3.63) is 65.2 Å². The van der Waals surface area contributed by atoms with Crippen molar-refractivity contribution in [3.8, 4) is 11.8 Å². The van der Waals surface area contributed by atoms with Crippen LogP contribution in [0.15, 0.2) is 48.5 Å². The summed E-state index contributed by atoms with van der Waals surface area (Å²) in [6.07, 6.45) is 5.33. The van der Waals surface area contributed by atoms with Crippen LogP contribution in [0.25, 0.3) is 6.08 Å². The smallest absolute Gasteiger partial charge is 0.410 e. The molecule has 4 rings (SSSR count). The van der Waals surface area contributed by atoms with Crippen LogP contribution in [-0.4, -0.2) is 56.0 Å². The Morgan fingerprint density at radius 1 is 1.16 bits per heavy atom. The minimum Gasteiger partial charge on any atom is -0.490 e. The number of anilines is 1. The van der Waals surface area contributed by atoms with Crippen LogP contribution in [0.4, 0.5) is 10.5 Å². The molecule has 0 radical (unpaired) electrons. The summed E-state index contributed by atoms with van der Waals surface area (Å²) in [7, 11) is -3.51. The third kappa shape index (κ3) is 6.48. The molecule has 1 atom stereocenters. The molecule has 0 saturated carbocycles. The topological polar surface area (TPSA) is 99.9 Å². The second-order valence-corrected chi connectivity index (χ2v) is 12.8. The van der Waals surface area contributed by atoms with E-state index in [2.05, 4.69) is 6.07 Å². The van der Waals surface area contributed by atoms with Gasteiger partial charge in [0.1, 0.15) is 17.5 Å². The molecule has 0 unspecified atom stereocenters. The van der Waals surface area contributed by atoms with Crippen LogP contribution in [0, 0.1) is 11.3 Å². The largest absolute Gasteiger partial charge is 0.490 e. The van der Waals surface area contributed by atoms with Crippen molar-refractivity contribution in [2.24, 2.45) is 0 Å². The molecule has 0 spiro atoms. The van der Waals surface area contributed by atoms with Crippen LogP contribution in [0.5, 0.6) is 5.75 Å². The molecule has 202 valence electrons. The number of sulfonamides is 1. The van der Waals surface area contributed by atoms with Gasteiger partial charge in [-0.25, -0.2) is 13.2 Å². The Morgan fingerprint density at radius 3 is 2.55 bits per heavy atom. The Hall–Kier alpha value is -3.51. The van der Waals surface area contributed by atoms with Crippen molar-refractivity contribution in [1.82, 2.24) is 4.90 Å². The van der Waals surface area contributed by atoms with Gasteiger partial charge in [0, 0.05) is 25.9 Å². The Kier molecular flexibility index (Phi) is 8.02. The van der Waals surface area contributed by atoms with Gasteiger partial charge in [-0.2, -0.15) is 5.26 Å². The number of carbonyl (C=O) groups excluding carboxylic acids is 1. The molecule has 0 aliphatic carbocycles. The maximum Gasteiger partial charge on any atom is 0.410 e. The van der Waals surface area contributed by atoms with Gasteiger partial charge in [-0.05, 0) is 75.6 Å². The number of nitriles is 1. The van der Waals surface area contributed by atoms with E-state index in [-0.39, 0.29) is 24.0 Å². The van der Waals surface area contributed by atoms with Crippen LogP contribution >= 0.6 is 0 Å². The summed E-state index contributed by atoms with van der Waals surface area (Å²) in [6, 6.07) is 14.5. The molecule has 2 aliphatic rings. The summed E-state index contributed by atoms with van der Waals surface area (Å²) in [6.45, 7) is 8.33. The molecule has 1 amide bonds. The number of benzene rings is 2. The number of rotatable bonds is 6. The number of fused-ring (bicyclic) bond motifs is 1. The molecule has 38 heavy (non-hydrogen) atoms. The van der Waals surface area contributed by atoms with E-state index in [1.165, 1.54) is 4.31 Å². The molecule has 0 N–H and O–H groups in total. The van der Waals surface area contributed by atoms with Gasteiger partial charge in [0.2, 0.25) is 10.0 Å². The van der Waals surface area contributed by atoms with Gasteiger partial charge >= 0.3 is 6.09 Å². The zero-order valence-corrected chi connectivity index (χ0v) is 23.2. The molecule has 2 aromatic rings. The van der Waals surface area contributed by atoms with E-state index in [0.717, 1.165) is 11.1 Å². The van der Waals surface area contributed by atoms with Crippen molar-refractivity contribution in [3.63, 3.8) is 0 Å². The van der Waals surface area contributed by atoms with E-state index in [1.54, 1.807) is 24.0 Å². The lowest BCUT2D eigenvalue weighted by Gasteiger charge is -2.33. The van der Waals surface area contributed by atoms with Crippen molar-refractivity contribution in [2.45, 2.75) is 64.7 Å². The summed E-state index contributed by atoms with van der Waals surface area (Å²) < 4.78 is 39.3. The quantitative estimate of drug-likeness (QED) is 0.506. The van der Waals surface area contributed by atoms with E-state index >= 15 is 0 Å². The highest BCUT2D eigenvalue weighted by molar-refractivity contribution is 7.92. The lowest BCUT2D eigenvalue weighted by atomic mass is 10.1. The standard InChI is InChI=1S/C29H35N3O5S/c1-5-38(34,35)32-24(10-9-21-7-6-8-22(17-21)20-30)18-23-19-26(11-12-27(23)32)36-25-13-15-31(16-14-25)28(33)37-29(2,3)4/h6-12,17,19,24-25H,5,13-16,18H2,1-4H3/b10-9+/t24-/m0/s1. The third-order valence-corrected chi connectivity index (χ3v) is 8.40. The highest BCUT2D eigenvalue weighted by atomic mass is 32.2. The molecule has 2 heterocycles. The van der Waals surface area contributed by atoms with Gasteiger partial charge in [0.05, 0.1) is 29.1 Å². The number of hydrogen-bond acceptors (Lipinski definition) is 6. The minimum atomic E-state index is -3.51. The fraction of sp³-hybridized carbons (Fsp3) is 0.448. The Balaban J connectivity index is 1.46. The highest BCUT2D eigenvalue weighted by Gasteiger charge is 2.36. The zero-order chi connectivity index (χ0) is 27.5. The van der Waals surface area contributed by atoms with Crippen LogP contribution in [0.1, 0.15) is 57.2 Å². The number of piperidine rings is 1. The predicted molar refractivity (Wildman–Crippen MR) is 148 cm³/mol. The predicted octanol–water partition coefficient (Wildman–Crippen LogP) is 5.13. The number of carbonyl (C=O) groups is 1. The molecule has 8 nitrogen and oxygen atoms in total. The van der Waals surface area contributed by atoms with Crippen LogP contribution in [0.3, 0.4) is 0 Å². The van der Waals surface area contributed by atoms with Crippen molar-refractivity contribution < 1.29 is 22.7 Å². The summed E-state index contributed by atoms with van der Waals surface area (Å²) >= 11 is 0. The number of hydrogen-bond donors (Lipinski definition) is 0. The van der Waals surface area contributed by atoms with Gasteiger partial charge in [0.15, 0.2) is 0 Å². The molecule has 2 aromatic carbocycles. The van der Waals surface area contributed by atoms with Gasteiger partial charge in [-0.1, -0.05) is 24.3 Å². The Bertz CT molecular complexity index is 1350. The number of likely N-dealkylation sites (tertiary alicyclic amines) is 1. The first-order valence-corrected chi connectivity index (χ1v) is 14.6. The van der Waals surface area contributed by atoms with Crippen molar-refractivity contribution in [1.29, 1.82) is 5.26 Å².